The monoisotopic (exact) mass is 265 g/mol. The molecule has 5 nitrogen and oxygen atoms in total. The van der Waals surface area contributed by atoms with Crippen LogP contribution < -0.4 is 10.5 Å². The molecule has 1 rings (SSSR count). The average Bonchev–Trinajstić information content (AvgIpc) is 2.27. The van der Waals surface area contributed by atoms with E-state index in [1.54, 1.807) is 7.11 Å². The second kappa shape index (κ2) is 6.02. The van der Waals surface area contributed by atoms with Crippen LogP contribution in [0.2, 0.25) is 0 Å². The number of nitrogens with one attached hydrogen (secondary N) is 1. The average molecular weight is 265 g/mol. The van der Waals surface area contributed by atoms with Crippen LogP contribution in [0.1, 0.15) is 37.2 Å². The van der Waals surface area contributed by atoms with E-state index >= 15 is 0 Å². The van der Waals surface area contributed by atoms with E-state index in [9.17, 15) is 0 Å². The largest absolute Gasteiger partial charge is 0.493 e. The Bertz CT molecular complexity index is 470. The molecular weight excluding hydrogens is 242 g/mol. The zero-order chi connectivity index (χ0) is 14.6. The van der Waals surface area contributed by atoms with Crippen molar-refractivity contribution in [2.75, 3.05) is 13.7 Å². The number of methoxy groups -OCH3 is 1. The molecule has 0 atom stereocenters. The minimum absolute atomic E-state index is 0.0222. The number of aromatic nitrogens is 1. The molecule has 19 heavy (non-hydrogen) atoms. The van der Waals surface area contributed by atoms with Gasteiger partial charge in [0.25, 0.3) is 0 Å². The highest BCUT2D eigenvalue weighted by molar-refractivity contribution is 5.98. The van der Waals surface area contributed by atoms with Gasteiger partial charge >= 0.3 is 0 Å². The molecule has 0 amide bonds. The molecule has 0 bridgehead atoms. The van der Waals surface area contributed by atoms with Gasteiger partial charge in [0, 0.05) is 25.3 Å². The van der Waals surface area contributed by atoms with Crippen LogP contribution in [-0.4, -0.2) is 30.1 Å². The molecule has 0 spiro atoms. The fourth-order valence-electron chi connectivity index (χ4n) is 1.74. The maximum atomic E-state index is 7.62. The first-order chi connectivity index (χ1) is 8.76. The van der Waals surface area contributed by atoms with Crippen molar-refractivity contribution in [3.63, 3.8) is 0 Å². The van der Waals surface area contributed by atoms with Crippen molar-refractivity contribution in [3.05, 3.63) is 23.0 Å². The molecular formula is C14H23N3O2. The Kier molecular flexibility index (Phi) is 4.89. The number of nitrogen functional groups attached to an aromatic ring is 1. The van der Waals surface area contributed by atoms with E-state index in [1.807, 2.05) is 33.8 Å². The standard InChI is InChI=1S/C14H23N3O2/c1-9-8-11(12(13(15)16)10(2)17-9)19-7-6-14(3,4)18-5/h8H,6-7H2,1-5H3,(H3,15,16). The Morgan fingerprint density at radius 3 is 2.58 bits per heavy atom. The van der Waals surface area contributed by atoms with Crippen LogP contribution in [0.4, 0.5) is 0 Å². The van der Waals surface area contributed by atoms with Crippen LogP contribution >= 0.6 is 0 Å². The molecule has 0 aromatic carbocycles. The number of hydrogen-bond acceptors (Lipinski definition) is 4. The summed E-state index contributed by atoms with van der Waals surface area (Å²) in [7, 11) is 1.68. The minimum Gasteiger partial charge on any atom is -0.493 e. The quantitative estimate of drug-likeness (QED) is 0.610. The minimum atomic E-state index is -0.229. The third-order valence-electron chi connectivity index (χ3n) is 3.08. The number of nitrogens with two attached hydrogens (primary N) is 1. The number of aryl methyl sites for hydroxylation is 2. The normalized spacial score (nSPS) is 11.4. The number of hydrogen-bond donors (Lipinski definition) is 2. The van der Waals surface area contributed by atoms with Crippen molar-refractivity contribution in [1.29, 1.82) is 5.41 Å². The molecule has 0 aliphatic rings. The fourth-order valence-corrected chi connectivity index (χ4v) is 1.74. The smallest absolute Gasteiger partial charge is 0.133 e. The lowest BCUT2D eigenvalue weighted by atomic mass is 10.1. The van der Waals surface area contributed by atoms with Crippen LogP contribution in [0, 0.1) is 19.3 Å². The van der Waals surface area contributed by atoms with E-state index in [-0.39, 0.29) is 11.4 Å². The van der Waals surface area contributed by atoms with Gasteiger partial charge in [-0.3, -0.25) is 10.4 Å². The Morgan fingerprint density at radius 1 is 1.42 bits per heavy atom. The molecule has 0 aliphatic carbocycles. The molecule has 0 aliphatic heterocycles. The summed E-state index contributed by atoms with van der Waals surface area (Å²) in [5, 5.41) is 7.62. The van der Waals surface area contributed by atoms with Gasteiger partial charge in [-0.15, -0.1) is 0 Å². The van der Waals surface area contributed by atoms with Crippen LogP contribution in [0.5, 0.6) is 5.75 Å². The van der Waals surface area contributed by atoms with Gasteiger partial charge in [-0.1, -0.05) is 0 Å². The first-order valence-corrected chi connectivity index (χ1v) is 6.27. The van der Waals surface area contributed by atoms with Crippen molar-refractivity contribution in [2.45, 2.75) is 39.7 Å². The van der Waals surface area contributed by atoms with Gasteiger partial charge in [0.1, 0.15) is 11.6 Å². The SMILES string of the molecule is COC(C)(C)CCOc1cc(C)nc(C)c1C(=N)N. The third-order valence-corrected chi connectivity index (χ3v) is 3.08. The van der Waals surface area contributed by atoms with Crippen molar-refractivity contribution in [2.24, 2.45) is 5.73 Å². The Morgan fingerprint density at radius 2 is 2.05 bits per heavy atom. The molecule has 0 radical (unpaired) electrons. The molecule has 1 aromatic heterocycles. The van der Waals surface area contributed by atoms with Crippen molar-refractivity contribution >= 4 is 5.84 Å². The summed E-state index contributed by atoms with van der Waals surface area (Å²) in [6, 6.07) is 1.81. The number of amidine groups is 1. The lowest BCUT2D eigenvalue weighted by molar-refractivity contribution is 0.00543. The van der Waals surface area contributed by atoms with E-state index in [1.165, 1.54) is 0 Å². The zero-order valence-electron chi connectivity index (χ0n) is 12.3. The van der Waals surface area contributed by atoms with E-state index < -0.39 is 0 Å². The van der Waals surface area contributed by atoms with E-state index in [0.29, 0.717) is 23.6 Å². The summed E-state index contributed by atoms with van der Waals surface area (Å²) < 4.78 is 11.1. The zero-order valence-corrected chi connectivity index (χ0v) is 12.3. The van der Waals surface area contributed by atoms with Gasteiger partial charge in [-0.05, 0) is 27.7 Å². The van der Waals surface area contributed by atoms with E-state index in [4.69, 9.17) is 20.6 Å². The number of pyridine rings is 1. The molecule has 0 saturated heterocycles. The number of nitrogens with zero attached hydrogens (tertiary/aromatic N) is 1. The number of rotatable bonds is 6. The summed E-state index contributed by atoms with van der Waals surface area (Å²) >= 11 is 0. The predicted molar refractivity (Wildman–Crippen MR) is 75.9 cm³/mol. The summed E-state index contributed by atoms with van der Waals surface area (Å²) in [5.74, 6) is 0.593. The first-order valence-electron chi connectivity index (χ1n) is 6.27. The summed E-state index contributed by atoms with van der Waals surface area (Å²) in [4.78, 5) is 4.30. The second-order valence-electron chi connectivity index (χ2n) is 5.20. The topological polar surface area (TPSA) is 81.2 Å². The highest BCUT2D eigenvalue weighted by atomic mass is 16.5. The van der Waals surface area contributed by atoms with Gasteiger partial charge in [-0.2, -0.15) is 0 Å². The molecule has 1 aromatic rings. The molecule has 0 saturated carbocycles. The summed E-state index contributed by atoms with van der Waals surface area (Å²) in [6.07, 6.45) is 0.751. The van der Waals surface area contributed by atoms with Gasteiger partial charge in [0.2, 0.25) is 0 Å². The Hall–Kier alpha value is -1.62. The Labute approximate surface area is 114 Å². The lowest BCUT2D eigenvalue weighted by Crippen LogP contribution is -2.25. The van der Waals surface area contributed by atoms with E-state index in [2.05, 4.69) is 4.98 Å². The second-order valence-corrected chi connectivity index (χ2v) is 5.20. The van der Waals surface area contributed by atoms with E-state index in [0.717, 1.165) is 12.1 Å². The van der Waals surface area contributed by atoms with Crippen LogP contribution in [0.25, 0.3) is 0 Å². The third kappa shape index (κ3) is 4.21. The van der Waals surface area contributed by atoms with Gasteiger partial charge < -0.3 is 15.2 Å². The summed E-state index contributed by atoms with van der Waals surface area (Å²) in [5.41, 5.74) is 7.50. The van der Waals surface area contributed by atoms with Crippen molar-refractivity contribution in [3.8, 4) is 5.75 Å². The fraction of sp³-hybridized carbons (Fsp3) is 0.571. The molecule has 5 heteroatoms. The molecule has 106 valence electrons. The predicted octanol–water partition coefficient (Wildman–Crippen LogP) is 2.18. The van der Waals surface area contributed by atoms with Crippen LogP contribution in [-0.2, 0) is 4.74 Å². The highest BCUT2D eigenvalue weighted by Gasteiger charge is 2.18. The molecule has 0 unspecified atom stereocenters. The van der Waals surface area contributed by atoms with Gasteiger partial charge in [0.05, 0.1) is 23.5 Å². The van der Waals surface area contributed by atoms with Crippen LogP contribution in [0.15, 0.2) is 6.07 Å². The summed E-state index contributed by atoms with van der Waals surface area (Å²) in [6.45, 7) is 8.24. The lowest BCUT2D eigenvalue weighted by Gasteiger charge is -2.23. The Balaban J connectivity index is 2.86. The van der Waals surface area contributed by atoms with Gasteiger partial charge in [-0.25, -0.2) is 0 Å². The molecule has 1 heterocycles. The van der Waals surface area contributed by atoms with Crippen LogP contribution in [0.3, 0.4) is 0 Å². The maximum Gasteiger partial charge on any atom is 0.133 e. The van der Waals surface area contributed by atoms with Gasteiger partial charge in [0.15, 0.2) is 0 Å². The first kappa shape index (κ1) is 15.4. The van der Waals surface area contributed by atoms with Crippen molar-refractivity contribution in [1.82, 2.24) is 4.98 Å². The highest BCUT2D eigenvalue weighted by Crippen LogP contribution is 2.23. The maximum absolute atomic E-state index is 7.62. The van der Waals surface area contributed by atoms with Crippen molar-refractivity contribution < 1.29 is 9.47 Å². The molecule has 0 fully saturated rings. The molecule has 3 N–H and O–H groups in total. The number of ether oxygens (including phenoxy) is 2.